The van der Waals surface area contributed by atoms with Gasteiger partial charge in [0.15, 0.2) is 0 Å². The van der Waals surface area contributed by atoms with Crippen molar-refractivity contribution < 1.29 is 14.3 Å². The first-order valence-electron chi connectivity index (χ1n) is 8.66. The van der Waals surface area contributed by atoms with Crippen molar-refractivity contribution in [2.24, 2.45) is 0 Å². The monoisotopic (exact) mass is 354 g/mol. The highest BCUT2D eigenvalue weighted by molar-refractivity contribution is 5.92. The zero-order valence-corrected chi connectivity index (χ0v) is 15.3. The Kier molecular flexibility index (Phi) is 7.71. The Labute approximate surface area is 155 Å². The molecule has 0 unspecified atom stereocenters. The van der Waals surface area contributed by atoms with Gasteiger partial charge < -0.3 is 20.1 Å². The topological polar surface area (TPSA) is 59.6 Å². The second-order valence-corrected chi connectivity index (χ2v) is 6.09. The van der Waals surface area contributed by atoms with E-state index in [0.29, 0.717) is 24.6 Å². The molecular formula is C21H26N2O3. The summed E-state index contributed by atoms with van der Waals surface area (Å²) < 4.78 is 11.1. The summed E-state index contributed by atoms with van der Waals surface area (Å²) in [4.78, 5) is 12.1. The Morgan fingerprint density at radius 3 is 2.62 bits per heavy atom. The van der Waals surface area contributed by atoms with Crippen molar-refractivity contribution in [1.29, 1.82) is 0 Å². The lowest BCUT2D eigenvalue weighted by molar-refractivity contribution is -0.115. The van der Waals surface area contributed by atoms with Crippen LogP contribution in [0.25, 0.3) is 0 Å². The highest BCUT2D eigenvalue weighted by Gasteiger charge is 2.04. The number of ether oxygens (including phenoxy) is 2. The largest absolute Gasteiger partial charge is 0.491 e. The number of benzene rings is 2. The number of nitrogens with one attached hydrogen (secondary N) is 2. The minimum absolute atomic E-state index is 0.106. The molecule has 5 heteroatoms. The van der Waals surface area contributed by atoms with E-state index < -0.39 is 0 Å². The van der Waals surface area contributed by atoms with Crippen LogP contribution in [0, 0.1) is 0 Å². The summed E-state index contributed by atoms with van der Waals surface area (Å²) in [6, 6.07) is 15.1. The molecule has 0 aliphatic heterocycles. The van der Waals surface area contributed by atoms with Crippen LogP contribution in [-0.4, -0.2) is 25.2 Å². The van der Waals surface area contributed by atoms with Gasteiger partial charge in [-0.05, 0) is 43.7 Å². The number of carbonyl (C=O) groups excluding carboxylic acids is 1. The summed E-state index contributed by atoms with van der Waals surface area (Å²) in [5.74, 6) is 1.44. The highest BCUT2D eigenvalue weighted by atomic mass is 16.5. The standard InChI is InChI=1S/C21H26N2O3/c1-4-12-25-20-7-5-6-18(13-20)23-21(24)15-22-14-17-8-10-19(11-9-17)26-16(2)3/h4-11,13,16,22H,1,12,14-15H2,2-3H3,(H,23,24). The number of amides is 1. The van der Waals surface area contributed by atoms with Gasteiger partial charge in [-0.2, -0.15) is 0 Å². The zero-order valence-electron chi connectivity index (χ0n) is 15.3. The lowest BCUT2D eigenvalue weighted by atomic mass is 10.2. The molecule has 0 bridgehead atoms. The molecule has 1 amide bonds. The summed E-state index contributed by atoms with van der Waals surface area (Å²) >= 11 is 0. The summed E-state index contributed by atoms with van der Waals surface area (Å²) in [5.41, 5.74) is 1.79. The van der Waals surface area contributed by atoms with Crippen LogP contribution in [0.1, 0.15) is 19.4 Å². The van der Waals surface area contributed by atoms with E-state index in [1.54, 1.807) is 12.1 Å². The van der Waals surface area contributed by atoms with Gasteiger partial charge in [0.05, 0.1) is 12.6 Å². The van der Waals surface area contributed by atoms with Crippen LogP contribution in [-0.2, 0) is 11.3 Å². The van der Waals surface area contributed by atoms with Crippen LogP contribution < -0.4 is 20.1 Å². The third-order valence-corrected chi connectivity index (χ3v) is 3.40. The average molecular weight is 354 g/mol. The van der Waals surface area contributed by atoms with Gasteiger partial charge in [0.25, 0.3) is 0 Å². The Morgan fingerprint density at radius 2 is 1.92 bits per heavy atom. The van der Waals surface area contributed by atoms with Crippen molar-refractivity contribution >= 4 is 11.6 Å². The third-order valence-electron chi connectivity index (χ3n) is 3.40. The van der Waals surface area contributed by atoms with E-state index in [4.69, 9.17) is 9.47 Å². The summed E-state index contributed by atoms with van der Waals surface area (Å²) in [7, 11) is 0. The van der Waals surface area contributed by atoms with Gasteiger partial charge in [0.2, 0.25) is 5.91 Å². The summed E-state index contributed by atoms with van der Waals surface area (Å²) in [6.07, 6.45) is 1.83. The average Bonchev–Trinajstić information content (AvgIpc) is 2.61. The zero-order chi connectivity index (χ0) is 18.8. The molecule has 5 nitrogen and oxygen atoms in total. The number of anilines is 1. The van der Waals surface area contributed by atoms with Gasteiger partial charge in [-0.15, -0.1) is 0 Å². The fourth-order valence-corrected chi connectivity index (χ4v) is 2.30. The van der Waals surface area contributed by atoms with Crippen LogP contribution >= 0.6 is 0 Å². The summed E-state index contributed by atoms with van der Waals surface area (Å²) in [5, 5.41) is 5.98. The van der Waals surface area contributed by atoms with Gasteiger partial charge in [-0.25, -0.2) is 0 Å². The fraction of sp³-hybridized carbons (Fsp3) is 0.286. The van der Waals surface area contributed by atoms with Gasteiger partial charge in [0.1, 0.15) is 18.1 Å². The van der Waals surface area contributed by atoms with Crippen LogP contribution in [0.2, 0.25) is 0 Å². The minimum Gasteiger partial charge on any atom is -0.491 e. The maximum absolute atomic E-state index is 12.1. The molecule has 138 valence electrons. The molecule has 0 radical (unpaired) electrons. The Balaban J connectivity index is 1.75. The molecule has 0 aliphatic carbocycles. The predicted molar refractivity (Wildman–Crippen MR) is 105 cm³/mol. The van der Waals surface area contributed by atoms with E-state index in [-0.39, 0.29) is 18.6 Å². The molecule has 0 spiro atoms. The smallest absolute Gasteiger partial charge is 0.238 e. The maximum atomic E-state index is 12.1. The van der Waals surface area contributed by atoms with Crippen molar-refractivity contribution in [3.8, 4) is 11.5 Å². The molecule has 0 heterocycles. The number of hydrogen-bond donors (Lipinski definition) is 2. The molecule has 0 atom stereocenters. The molecule has 2 N–H and O–H groups in total. The van der Waals surface area contributed by atoms with E-state index in [0.717, 1.165) is 11.3 Å². The first-order chi connectivity index (χ1) is 12.6. The molecule has 2 aromatic carbocycles. The molecule has 2 rings (SSSR count). The van der Waals surface area contributed by atoms with E-state index in [1.807, 2.05) is 56.3 Å². The van der Waals surface area contributed by atoms with Gasteiger partial charge >= 0.3 is 0 Å². The predicted octanol–water partition coefficient (Wildman–Crippen LogP) is 3.77. The molecule has 2 aromatic rings. The van der Waals surface area contributed by atoms with Crippen molar-refractivity contribution in [2.75, 3.05) is 18.5 Å². The minimum atomic E-state index is -0.106. The number of hydrogen-bond acceptors (Lipinski definition) is 4. The quantitative estimate of drug-likeness (QED) is 0.638. The van der Waals surface area contributed by atoms with Crippen LogP contribution in [0.15, 0.2) is 61.2 Å². The van der Waals surface area contributed by atoms with Crippen molar-refractivity contribution in [3.63, 3.8) is 0 Å². The first kappa shape index (κ1) is 19.5. The van der Waals surface area contributed by atoms with Gasteiger partial charge in [-0.1, -0.05) is 30.9 Å². The SMILES string of the molecule is C=CCOc1cccc(NC(=O)CNCc2ccc(OC(C)C)cc2)c1. The Bertz CT molecular complexity index is 711. The number of carbonyl (C=O) groups is 1. The molecule has 0 aliphatic rings. The maximum Gasteiger partial charge on any atom is 0.238 e. The normalized spacial score (nSPS) is 10.4. The fourth-order valence-electron chi connectivity index (χ4n) is 2.30. The van der Waals surface area contributed by atoms with E-state index in [9.17, 15) is 4.79 Å². The molecule has 0 saturated carbocycles. The van der Waals surface area contributed by atoms with Crippen LogP contribution in [0.4, 0.5) is 5.69 Å². The van der Waals surface area contributed by atoms with Gasteiger partial charge in [0, 0.05) is 18.3 Å². The van der Waals surface area contributed by atoms with Gasteiger partial charge in [-0.3, -0.25) is 4.79 Å². The second kappa shape index (κ2) is 10.3. The van der Waals surface area contributed by atoms with E-state index >= 15 is 0 Å². The lowest BCUT2D eigenvalue weighted by Gasteiger charge is -2.11. The molecule has 0 fully saturated rings. The highest BCUT2D eigenvalue weighted by Crippen LogP contribution is 2.17. The Hall–Kier alpha value is -2.79. The second-order valence-electron chi connectivity index (χ2n) is 6.09. The van der Waals surface area contributed by atoms with E-state index in [1.165, 1.54) is 0 Å². The summed E-state index contributed by atoms with van der Waals surface area (Å²) in [6.45, 7) is 8.87. The van der Waals surface area contributed by atoms with Crippen molar-refractivity contribution in [2.45, 2.75) is 26.5 Å². The molecule has 26 heavy (non-hydrogen) atoms. The lowest BCUT2D eigenvalue weighted by Crippen LogP contribution is -2.27. The van der Waals surface area contributed by atoms with Crippen molar-refractivity contribution in [3.05, 3.63) is 66.7 Å². The van der Waals surface area contributed by atoms with Crippen molar-refractivity contribution in [1.82, 2.24) is 5.32 Å². The molecular weight excluding hydrogens is 328 g/mol. The molecule has 0 saturated heterocycles. The van der Waals surface area contributed by atoms with Crippen LogP contribution in [0.3, 0.4) is 0 Å². The number of rotatable bonds is 10. The van der Waals surface area contributed by atoms with Crippen LogP contribution in [0.5, 0.6) is 11.5 Å². The third kappa shape index (κ3) is 6.99. The first-order valence-corrected chi connectivity index (χ1v) is 8.66. The Morgan fingerprint density at radius 1 is 1.15 bits per heavy atom. The van der Waals surface area contributed by atoms with E-state index in [2.05, 4.69) is 17.2 Å². The molecule has 0 aromatic heterocycles.